The highest BCUT2D eigenvalue weighted by Gasteiger charge is 2.16. The zero-order chi connectivity index (χ0) is 14.0. The second kappa shape index (κ2) is 5.01. The molecule has 0 aliphatic carbocycles. The fraction of sp³-hybridized carbons (Fsp3) is 0.364. The third-order valence-corrected chi connectivity index (χ3v) is 2.76. The van der Waals surface area contributed by atoms with Gasteiger partial charge in [-0.25, -0.2) is 4.68 Å². The highest BCUT2D eigenvalue weighted by Crippen LogP contribution is 2.14. The molecular weight excluding hydrogens is 250 g/mol. The lowest BCUT2D eigenvalue weighted by atomic mass is 10.2. The Morgan fingerprint density at radius 3 is 2.89 bits per heavy atom. The van der Waals surface area contributed by atoms with E-state index in [1.54, 1.807) is 26.2 Å². The van der Waals surface area contributed by atoms with Gasteiger partial charge in [0.15, 0.2) is 5.82 Å². The molecule has 0 aromatic carbocycles. The Kier molecular flexibility index (Phi) is 3.41. The van der Waals surface area contributed by atoms with Crippen molar-refractivity contribution in [1.82, 2.24) is 24.8 Å². The van der Waals surface area contributed by atoms with E-state index in [2.05, 4.69) is 15.5 Å². The number of carbonyl (C=O) groups is 1. The van der Waals surface area contributed by atoms with Crippen molar-refractivity contribution in [3.05, 3.63) is 28.7 Å². The highest BCUT2D eigenvalue weighted by atomic mass is 16.4. The van der Waals surface area contributed by atoms with E-state index in [0.29, 0.717) is 11.4 Å². The van der Waals surface area contributed by atoms with Crippen LogP contribution in [0.1, 0.15) is 6.92 Å². The Morgan fingerprint density at radius 1 is 1.53 bits per heavy atom. The van der Waals surface area contributed by atoms with Crippen molar-refractivity contribution in [3.8, 4) is 11.4 Å². The molecule has 8 heteroatoms. The predicted molar refractivity (Wildman–Crippen MR) is 65.3 cm³/mol. The van der Waals surface area contributed by atoms with Gasteiger partial charge in [0, 0.05) is 24.9 Å². The first-order valence-corrected chi connectivity index (χ1v) is 5.65. The summed E-state index contributed by atoms with van der Waals surface area (Å²) in [6.07, 6.45) is 1.61. The number of hydrogen-bond acceptors (Lipinski definition) is 5. The van der Waals surface area contributed by atoms with Crippen LogP contribution in [0.15, 0.2) is 23.1 Å². The quantitative estimate of drug-likeness (QED) is 0.816. The van der Waals surface area contributed by atoms with E-state index in [9.17, 15) is 9.59 Å². The van der Waals surface area contributed by atoms with Crippen molar-refractivity contribution in [2.24, 2.45) is 13.0 Å². The van der Waals surface area contributed by atoms with Crippen LogP contribution in [-0.4, -0.2) is 35.9 Å². The molecule has 0 spiro atoms. The number of aliphatic carboxylic acids is 1. The van der Waals surface area contributed by atoms with Crippen LogP contribution in [0, 0.1) is 5.92 Å². The van der Waals surface area contributed by atoms with Gasteiger partial charge in [0.1, 0.15) is 0 Å². The lowest BCUT2D eigenvalue weighted by molar-refractivity contribution is -0.141. The Bertz CT molecular complexity index is 660. The summed E-state index contributed by atoms with van der Waals surface area (Å²) in [5.74, 6) is -1.16. The van der Waals surface area contributed by atoms with Gasteiger partial charge in [0.2, 0.25) is 0 Å². The Morgan fingerprint density at radius 2 is 2.26 bits per heavy atom. The van der Waals surface area contributed by atoms with Gasteiger partial charge in [-0.05, 0) is 16.5 Å². The van der Waals surface area contributed by atoms with Crippen molar-refractivity contribution in [2.75, 3.05) is 0 Å². The van der Waals surface area contributed by atoms with E-state index < -0.39 is 11.9 Å². The van der Waals surface area contributed by atoms with Gasteiger partial charge >= 0.3 is 5.97 Å². The van der Waals surface area contributed by atoms with Crippen molar-refractivity contribution < 1.29 is 9.90 Å². The Labute approximate surface area is 108 Å². The van der Waals surface area contributed by atoms with Crippen LogP contribution in [0.25, 0.3) is 11.4 Å². The minimum absolute atomic E-state index is 0.146. The number of nitrogens with zero attached hydrogens (tertiary/aromatic N) is 5. The molecule has 2 rings (SSSR count). The first kappa shape index (κ1) is 12.9. The molecule has 2 heterocycles. The first-order chi connectivity index (χ1) is 8.99. The average Bonchev–Trinajstić information content (AvgIpc) is 2.80. The summed E-state index contributed by atoms with van der Waals surface area (Å²) in [4.78, 5) is 22.4. The zero-order valence-electron chi connectivity index (χ0n) is 10.5. The van der Waals surface area contributed by atoms with Crippen molar-refractivity contribution in [2.45, 2.75) is 13.5 Å². The lowest BCUT2D eigenvalue weighted by Gasteiger charge is -2.08. The summed E-state index contributed by atoms with van der Waals surface area (Å²) in [6.45, 7) is 1.71. The summed E-state index contributed by atoms with van der Waals surface area (Å²) < 4.78 is 2.81. The Hall–Kier alpha value is -2.51. The fourth-order valence-corrected chi connectivity index (χ4v) is 1.56. The van der Waals surface area contributed by atoms with Gasteiger partial charge in [-0.3, -0.25) is 9.59 Å². The maximum Gasteiger partial charge on any atom is 0.308 e. The van der Waals surface area contributed by atoms with Crippen LogP contribution in [-0.2, 0) is 18.4 Å². The Balaban J connectivity index is 2.36. The van der Waals surface area contributed by atoms with Crippen LogP contribution < -0.4 is 5.56 Å². The number of rotatable bonds is 4. The van der Waals surface area contributed by atoms with Crippen molar-refractivity contribution >= 4 is 5.97 Å². The van der Waals surface area contributed by atoms with E-state index in [-0.39, 0.29) is 12.1 Å². The van der Waals surface area contributed by atoms with Gasteiger partial charge in [0.25, 0.3) is 5.56 Å². The van der Waals surface area contributed by atoms with Crippen LogP contribution in [0.5, 0.6) is 0 Å². The number of aryl methyl sites for hydroxylation is 1. The molecule has 8 nitrogen and oxygen atoms in total. The average molecular weight is 263 g/mol. The van der Waals surface area contributed by atoms with Crippen LogP contribution in [0.2, 0.25) is 0 Å². The SMILES string of the molecule is CC(Cn1nnnc1-c1ccn(C)c(=O)c1)C(=O)O. The summed E-state index contributed by atoms with van der Waals surface area (Å²) in [5, 5.41) is 20.0. The number of aromatic nitrogens is 5. The minimum atomic E-state index is -0.926. The molecule has 1 atom stereocenters. The molecule has 0 fully saturated rings. The van der Waals surface area contributed by atoms with Crippen LogP contribution >= 0.6 is 0 Å². The molecule has 0 saturated carbocycles. The third kappa shape index (κ3) is 2.67. The maximum absolute atomic E-state index is 11.6. The lowest BCUT2D eigenvalue weighted by Crippen LogP contribution is -2.19. The number of tetrazole rings is 1. The fourth-order valence-electron chi connectivity index (χ4n) is 1.56. The van der Waals surface area contributed by atoms with Gasteiger partial charge < -0.3 is 9.67 Å². The molecule has 100 valence electrons. The summed E-state index contributed by atoms with van der Waals surface area (Å²) in [5.41, 5.74) is 0.379. The molecule has 0 aliphatic rings. The van der Waals surface area contributed by atoms with E-state index >= 15 is 0 Å². The van der Waals surface area contributed by atoms with Crippen LogP contribution in [0.3, 0.4) is 0 Å². The molecule has 0 radical (unpaired) electrons. The first-order valence-electron chi connectivity index (χ1n) is 5.65. The summed E-state index contributed by atoms with van der Waals surface area (Å²) in [7, 11) is 1.64. The molecule has 2 aromatic rings. The molecule has 0 aliphatic heterocycles. The van der Waals surface area contributed by atoms with E-state index in [1.165, 1.54) is 15.3 Å². The molecule has 1 unspecified atom stereocenters. The predicted octanol–water partition coefficient (Wildman–Crippen LogP) is -0.241. The number of carboxylic acid groups (broad SMARTS) is 1. The molecule has 1 N–H and O–H groups in total. The molecule has 2 aromatic heterocycles. The minimum Gasteiger partial charge on any atom is -0.481 e. The van der Waals surface area contributed by atoms with Gasteiger partial charge in [-0.15, -0.1) is 5.10 Å². The maximum atomic E-state index is 11.6. The standard InChI is InChI=1S/C11H13N5O3/c1-7(11(18)19)6-16-10(12-13-14-16)8-3-4-15(2)9(17)5-8/h3-5,7H,6H2,1-2H3,(H,18,19). The third-order valence-electron chi connectivity index (χ3n) is 2.76. The van der Waals surface area contributed by atoms with Crippen LogP contribution in [0.4, 0.5) is 0 Å². The van der Waals surface area contributed by atoms with E-state index in [4.69, 9.17) is 5.11 Å². The normalized spacial score (nSPS) is 12.3. The van der Waals surface area contributed by atoms with E-state index in [0.717, 1.165) is 0 Å². The number of pyridine rings is 1. The molecule has 0 bridgehead atoms. The number of hydrogen-bond donors (Lipinski definition) is 1. The van der Waals surface area contributed by atoms with Gasteiger partial charge in [-0.1, -0.05) is 6.92 Å². The molecular formula is C11H13N5O3. The second-order valence-corrected chi connectivity index (χ2v) is 4.29. The van der Waals surface area contributed by atoms with Crippen molar-refractivity contribution in [3.63, 3.8) is 0 Å². The summed E-state index contributed by atoms with van der Waals surface area (Å²) >= 11 is 0. The zero-order valence-corrected chi connectivity index (χ0v) is 10.5. The molecule has 19 heavy (non-hydrogen) atoms. The summed E-state index contributed by atoms with van der Waals surface area (Å²) in [6, 6.07) is 3.11. The second-order valence-electron chi connectivity index (χ2n) is 4.29. The smallest absolute Gasteiger partial charge is 0.308 e. The molecule has 0 saturated heterocycles. The topological polar surface area (TPSA) is 103 Å². The number of carboxylic acids is 1. The van der Waals surface area contributed by atoms with Crippen molar-refractivity contribution in [1.29, 1.82) is 0 Å². The van der Waals surface area contributed by atoms with Gasteiger partial charge in [0.05, 0.1) is 12.5 Å². The molecule has 0 amide bonds. The van der Waals surface area contributed by atoms with Gasteiger partial charge in [-0.2, -0.15) is 0 Å². The van der Waals surface area contributed by atoms with E-state index in [1.807, 2.05) is 0 Å². The monoisotopic (exact) mass is 263 g/mol. The highest BCUT2D eigenvalue weighted by molar-refractivity contribution is 5.69. The largest absolute Gasteiger partial charge is 0.481 e.